The molecule has 1 aromatic rings. The van der Waals surface area contributed by atoms with Crippen molar-refractivity contribution in [3.05, 3.63) is 29.3 Å². The zero-order valence-corrected chi connectivity index (χ0v) is 11.6. The van der Waals surface area contributed by atoms with Gasteiger partial charge in [-0.3, -0.25) is 4.79 Å². The highest BCUT2D eigenvalue weighted by Crippen LogP contribution is 2.27. The Morgan fingerprint density at radius 2 is 2.42 bits per heavy atom. The standard InChI is InChI=1S/C14H16N2O2S/c1-10-6-12(3-2-11(10)8-15)16-4-5-19-9-13(16)7-14(17)18/h2-3,6,13H,4-5,7,9H2,1H3,(H,17,18). The molecular weight excluding hydrogens is 260 g/mol. The molecular formula is C14H16N2O2S. The van der Waals surface area contributed by atoms with Crippen LogP contribution in [0.2, 0.25) is 0 Å². The molecule has 0 amide bonds. The topological polar surface area (TPSA) is 64.3 Å². The van der Waals surface area contributed by atoms with Crippen LogP contribution >= 0.6 is 11.8 Å². The van der Waals surface area contributed by atoms with E-state index in [-0.39, 0.29) is 12.5 Å². The van der Waals surface area contributed by atoms with Gasteiger partial charge >= 0.3 is 5.97 Å². The van der Waals surface area contributed by atoms with E-state index >= 15 is 0 Å². The van der Waals surface area contributed by atoms with E-state index in [1.165, 1.54) is 0 Å². The summed E-state index contributed by atoms with van der Waals surface area (Å²) in [6.07, 6.45) is 0.159. The summed E-state index contributed by atoms with van der Waals surface area (Å²) in [4.78, 5) is 13.1. The van der Waals surface area contributed by atoms with Gasteiger partial charge in [0.05, 0.1) is 18.1 Å². The number of rotatable bonds is 3. The third kappa shape index (κ3) is 3.21. The molecule has 1 atom stereocenters. The molecule has 19 heavy (non-hydrogen) atoms. The summed E-state index contributed by atoms with van der Waals surface area (Å²) in [6.45, 7) is 2.76. The third-order valence-electron chi connectivity index (χ3n) is 3.30. The Balaban J connectivity index is 2.25. The zero-order valence-electron chi connectivity index (χ0n) is 10.8. The van der Waals surface area contributed by atoms with Gasteiger partial charge in [-0.05, 0) is 30.7 Å². The summed E-state index contributed by atoms with van der Waals surface area (Å²) in [5.41, 5.74) is 2.63. The molecule has 1 aliphatic heterocycles. The zero-order chi connectivity index (χ0) is 13.8. The molecule has 1 heterocycles. The van der Waals surface area contributed by atoms with E-state index < -0.39 is 5.97 Å². The molecule has 5 heteroatoms. The van der Waals surface area contributed by atoms with Crippen LogP contribution in [0.1, 0.15) is 17.5 Å². The van der Waals surface area contributed by atoms with E-state index in [4.69, 9.17) is 10.4 Å². The number of thioether (sulfide) groups is 1. The molecule has 0 bridgehead atoms. The van der Waals surface area contributed by atoms with Gasteiger partial charge < -0.3 is 10.0 Å². The quantitative estimate of drug-likeness (QED) is 0.917. The highest BCUT2D eigenvalue weighted by molar-refractivity contribution is 7.99. The predicted molar refractivity (Wildman–Crippen MR) is 76.6 cm³/mol. The smallest absolute Gasteiger partial charge is 0.305 e. The van der Waals surface area contributed by atoms with Gasteiger partial charge in [0.15, 0.2) is 0 Å². The van der Waals surface area contributed by atoms with Crippen LogP contribution in [-0.2, 0) is 4.79 Å². The number of carboxylic acid groups (broad SMARTS) is 1. The number of hydrogen-bond donors (Lipinski definition) is 1. The second-order valence-corrected chi connectivity index (χ2v) is 5.78. The third-order valence-corrected chi connectivity index (χ3v) is 4.39. The van der Waals surface area contributed by atoms with Crippen molar-refractivity contribution in [3.8, 4) is 6.07 Å². The van der Waals surface area contributed by atoms with Crippen LogP contribution in [-0.4, -0.2) is 35.2 Å². The summed E-state index contributed by atoms with van der Waals surface area (Å²) in [6, 6.07) is 7.88. The summed E-state index contributed by atoms with van der Waals surface area (Å²) in [7, 11) is 0. The second kappa shape index (κ2) is 5.98. The minimum atomic E-state index is -0.761. The summed E-state index contributed by atoms with van der Waals surface area (Å²) < 4.78 is 0. The SMILES string of the molecule is Cc1cc(N2CCSCC2CC(=O)O)ccc1C#N. The molecule has 1 saturated heterocycles. The number of aliphatic carboxylic acids is 1. The molecule has 1 N–H and O–H groups in total. The molecule has 1 aromatic carbocycles. The molecule has 0 radical (unpaired) electrons. The number of anilines is 1. The molecule has 2 rings (SSSR count). The number of carboxylic acids is 1. The highest BCUT2D eigenvalue weighted by atomic mass is 32.2. The van der Waals surface area contributed by atoms with E-state index in [0.717, 1.165) is 29.3 Å². The normalized spacial score (nSPS) is 18.9. The van der Waals surface area contributed by atoms with Gasteiger partial charge in [-0.1, -0.05) is 0 Å². The largest absolute Gasteiger partial charge is 0.481 e. The summed E-state index contributed by atoms with van der Waals surface area (Å²) >= 11 is 1.80. The lowest BCUT2D eigenvalue weighted by Crippen LogP contribution is -2.43. The Bertz CT molecular complexity index is 525. The van der Waals surface area contributed by atoms with E-state index in [2.05, 4.69) is 11.0 Å². The Kier molecular flexibility index (Phi) is 4.33. The lowest BCUT2D eigenvalue weighted by Gasteiger charge is -2.36. The van der Waals surface area contributed by atoms with Crippen molar-refractivity contribution in [3.63, 3.8) is 0 Å². The second-order valence-electron chi connectivity index (χ2n) is 4.63. The van der Waals surface area contributed by atoms with Crippen molar-refractivity contribution < 1.29 is 9.90 Å². The number of benzene rings is 1. The number of nitriles is 1. The van der Waals surface area contributed by atoms with Crippen molar-refractivity contribution in [2.45, 2.75) is 19.4 Å². The van der Waals surface area contributed by atoms with Gasteiger partial charge in [0.1, 0.15) is 0 Å². The first-order valence-electron chi connectivity index (χ1n) is 6.18. The molecule has 1 unspecified atom stereocenters. The number of hydrogen-bond acceptors (Lipinski definition) is 4. The highest BCUT2D eigenvalue weighted by Gasteiger charge is 2.25. The predicted octanol–water partition coefficient (Wildman–Crippen LogP) is 2.26. The first-order chi connectivity index (χ1) is 9.11. The fourth-order valence-corrected chi connectivity index (χ4v) is 3.38. The minimum Gasteiger partial charge on any atom is -0.481 e. The average molecular weight is 276 g/mol. The first kappa shape index (κ1) is 13.8. The maximum Gasteiger partial charge on any atom is 0.305 e. The lowest BCUT2D eigenvalue weighted by atomic mass is 10.1. The number of aryl methyl sites for hydroxylation is 1. The van der Waals surface area contributed by atoms with Crippen molar-refractivity contribution in [1.29, 1.82) is 5.26 Å². The Labute approximate surface area is 117 Å². The van der Waals surface area contributed by atoms with Crippen molar-refractivity contribution in [2.75, 3.05) is 23.0 Å². The minimum absolute atomic E-state index is 0.0311. The fourth-order valence-electron chi connectivity index (χ4n) is 2.32. The molecule has 0 spiro atoms. The molecule has 0 aromatic heterocycles. The summed E-state index contributed by atoms with van der Waals surface area (Å²) in [5, 5.41) is 17.9. The Hall–Kier alpha value is -1.67. The van der Waals surface area contributed by atoms with Crippen LogP contribution in [0.15, 0.2) is 18.2 Å². The molecule has 4 nitrogen and oxygen atoms in total. The molecule has 0 saturated carbocycles. The fraction of sp³-hybridized carbons (Fsp3) is 0.429. The Morgan fingerprint density at radius 1 is 1.63 bits per heavy atom. The van der Waals surface area contributed by atoms with Crippen LogP contribution in [0.5, 0.6) is 0 Å². The van der Waals surface area contributed by atoms with Gasteiger partial charge in [-0.25, -0.2) is 0 Å². The molecule has 1 fully saturated rings. The van der Waals surface area contributed by atoms with Crippen molar-refractivity contribution in [2.24, 2.45) is 0 Å². The first-order valence-corrected chi connectivity index (χ1v) is 7.34. The lowest BCUT2D eigenvalue weighted by molar-refractivity contribution is -0.137. The van der Waals surface area contributed by atoms with E-state index in [0.29, 0.717) is 5.56 Å². The Morgan fingerprint density at radius 3 is 3.05 bits per heavy atom. The van der Waals surface area contributed by atoms with Crippen LogP contribution in [0.3, 0.4) is 0 Å². The summed E-state index contributed by atoms with van der Waals surface area (Å²) in [5.74, 6) is 1.09. The maximum absolute atomic E-state index is 10.9. The molecule has 100 valence electrons. The monoisotopic (exact) mass is 276 g/mol. The maximum atomic E-state index is 10.9. The van der Waals surface area contributed by atoms with Crippen molar-refractivity contribution in [1.82, 2.24) is 0 Å². The van der Waals surface area contributed by atoms with E-state index in [9.17, 15) is 4.79 Å². The van der Waals surface area contributed by atoms with E-state index in [1.54, 1.807) is 11.8 Å². The average Bonchev–Trinajstić information content (AvgIpc) is 2.38. The number of carbonyl (C=O) groups is 1. The molecule has 1 aliphatic rings. The van der Waals surface area contributed by atoms with Gasteiger partial charge in [-0.15, -0.1) is 0 Å². The van der Waals surface area contributed by atoms with Crippen molar-refractivity contribution >= 4 is 23.4 Å². The van der Waals surface area contributed by atoms with Crippen LogP contribution in [0, 0.1) is 18.3 Å². The van der Waals surface area contributed by atoms with Gasteiger partial charge in [0.25, 0.3) is 0 Å². The van der Waals surface area contributed by atoms with Gasteiger partial charge in [0, 0.05) is 29.8 Å². The van der Waals surface area contributed by atoms with Crippen LogP contribution in [0.25, 0.3) is 0 Å². The van der Waals surface area contributed by atoms with Gasteiger partial charge in [-0.2, -0.15) is 17.0 Å². The molecule has 0 aliphatic carbocycles. The van der Waals surface area contributed by atoms with Gasteiger partial charge in [0.2, 0.25) is 0 Å². The number of nitrogens with zero attached hydrogens (tertiary/aromatic N) is 2. The van der Waals surface area contributed by atoms with Crippen LogP contribution in [0.4, 0.5) is 5.69 Å². The van der Waals surface area contributed by atoms with Crippen LogP contribution < -0.4 is 4.90 Å². The van der Waals surface area contributed by atoms with E-state index in [1.807, 2.05) is 25.1 Å².